The van der Waals surface area contributed by atoms with Crippen LogP contribution in [0.25, 0.3) is 5.69 Å². The number of nitrogens with one attached hydrogen (secondary N) is 2. The fourth-order valence-electron chi connectivity index (χ4n) is 4.38. The maximum absolute atomic E-state index is 13.8. The summed E-state index contributed by atoms with van der Waals surface area (Å²) in [5, 5.41) is 5.85. The van der Waals surface area contributed by atoms with E-state index in [-0.39, 0.29) is 17.8 Å². The first-order valence-corrected chi connectivity index (χ1v) is 12.0. The highest BCUT2D eigenvalue weighted by atomic mass is 19.2. The van der Waals surface area contributed by atoms with Crippen LogP contribution < -0.4 is 20.9 Å². The zero-order valence-electron chi connectivity index (χ0n) is 20.6. The smallest absolute Gasteiger partial charge is 0.322 e. The fraction of sp³-hybridized carbons (Fsp3) is 0.179. The van der Waals surface area contributed by atoms with Gasteiger partial charge in [-0.25, -0.2) is 23.1 Å². The van der Waals surface area contributed by atoms with Crippen LogP contribution in [0.2, 0.25) is 0 Å². The molecule has 0 aliphatic carbocycles. The summed E-state index contributed by atoms with van der Waals surface area (Å²) in [6.07, 6.45) is 0.356. The van der Waals surface area contributed by atoms with Gasteiger partial charge in [0.15, 0.2) is 11.6 Å². The van der Waals surface area contributed by atoms with Gasteiger partial charge in [-0.2, -0.15) is 0 Å². The van der Waals surface area contributed by atoms with E-state index in [1.54, 1.807) is 19.2 Å². The minimum absolute atomic E-state index is 0.0241. The summed E-state index contributed by atoms with van der Waals surface area (Å²) < 4.78 is 33.8. The quantitative estimate of drug-likeness (QED) is 0.386. The highest BCUT2D eigenvalue weighted by Crippen LogP contribution is 2.23. The number of anilines is 2. The molecule has 1 aliphatic heterocycles. The molecule has 5 rings (SSSR count). The van der Waals surface area contributed by atoms with Crippen molar-refractivity contribution in [1.29, 1.82) is 0 Å². The highest BCUT2D eigenvalue weighted by molar-refractivity contribution is 5.89. The van der Waals surface area contributed by atoms with Crippen molar-refractivity contribution in [3.63, 3.8) is 0 Å². The zero-order valence-corrected chi connectivity index (χ0v) is 20.6. The summed E-state index contributed by atoms with van der Waals surface area (Å²) in [6, 6.07) is 19.3. The van der Waals surface area contributed by atoms with Crippen LogP contribution in [0.5, 0.6) is 5.75 Å². The highest BCUT2D eigenvalue weighted by Gasteiger charge is 2.27. The zero-order chi connectivity index (χ0) is 26.6. The van der Waals surface area contributed by atoms with Gasteiger partial charge in [0.2, 0.25) is 5.95 Å². The Morgan fingerprint density at radius 3 is 2.55 bits per heavy atom. The third-order valence-corrected chi connectivity index (χ3v) is 6.33. The third kappa shape index (κ3) is 5.06. The van der Waals surface area contributed by atoms with Crippen molar-refractivity contribution in [2.75, 3.05) is 24.3 Å². The van der Waals surface area contributed by atoms with Gasteiger partial charge in [0.25, 0.3) is 5.56 Å². The minimum Gasteiger partial charge on any atom is -0.496 e. The van der Waals surface area contributed by atoms with Gasteiger partial charge >= 0.3 is 6.03 Å². The molecule has 2 N–H and O–H groups in total. The van der Waals surface area contributed by atoms with E-state index in [0.717, 1.165) is 17.7 Å². The van der Waals surface area contributed by atoms with Gasteiger partial charge < -0.3 is 20.3 Å². The number of carbonyl (C=O) groups is 1. The van der Waals surface area contributed by atoms with Crippen LogP contribution in [0, 0.1) is 11.6 Å². The van der Waals surface area contributed by atoms with Gasteiger partial charge in [0, 0.05) is 36.8 Å². The van der Waals surface area contributed by atoms with E-state index >= 15 is 0 Å². The average molecular weight is 518 g/mol. The molecule has 0 radical (unpaired) electrons. The lowest BCUT2D eigenvalue weighted by molar-refractivity contribution is 0.205. The molecule has 0 fully saturated rings. The molecule has 0 spiro atoms. The molecule has 0 bridgehead atoms. The number of carbonyl (C=O) groups excluding carboxylic acids is 1. The summed E-state index contributed by atoms with van der Waals surface area (Å²) in [4.78, 5) is 32.9. The molecule has 10 heteroatoms. The van der Waals surface area contributed by atoms with Gasteiger partial charge in [0.1, 0.15) is 5.75 Å². The Hall–Kier alpha value is -4.73. The molecule has 1 aromatic heterocycles. The summed E-state index contributed by atoms with van der Waals surface area (Å²) in [7, 11) is 1.60. The maximum atomic E-state index is 13.8. The topological polar surface area (TPSA) is 88.5 Å². The number of urea groups is 1. The molecule has 2 amide bonds. The Morgan fingerprint density at radius 2 is 1.79 bits per heavy atom. The number of nitrogens with zero attached hydrogens (tertiary/aromatic N) is 3. The van der Waals surface area contributed by atoms with E-state index < -0.39 is 17.7 Å². The van der Waals surface area contributed by atoms with E-state index in [0.29, 0.717) is 48.2 Å². The maximum Gasteiger partial charge on any atom is 0.322 e. The first-order chi connectivity index (χ1) is 18.4. The van der Waals surface area contributed by atoms with Crippen molar-refractivity contribution in [1.82, 2.24) is 14.5 Å². The summed E-state index contributed by atoms with van der Waals surface area (Å²) in [6.45, 7) is 0.706. The van der Waals surface area contributed by atoms with E-state index in [2.05, 4.69) is 10.6 Å². The number of ether oxygens (including phenoxy) is 1. The summed E-state index contributed by atoms with van der Waals surface area (Å²) in [5.74, 6) is -0.966. The van der Waals surface area contributed by atoms with Crippen LogP contribution in [0.4, 0.5) is 25.2 Å². The van der Waals surface area contributed by atoms with Crippen LogP contribution >= 0.6 is 0 Å². The van der Waals surface area contributed by atoms with Crippen molar-refractivity contribution >= 4 is 17.7 Å². The van der Waals surface area contributed by atoms with Gasteiger partial charge in [-0.05, 0) is 30.3 Å². The number of amides is 2. The lowest BCUT2D eigenvalue weighted by Gasteiger charge is -2.29. The lowest BCUT2D eigenvalue weighted by Crippen LogP contribution is -2.43. The second-order valence-corrected chi connectivity index (χ2v) is 8.73. The summed E-state index contributed by atoms with van der Waals surface area (Å²) >= 11 is 0. The predicted molar refractivity (Wildman–Crippen MR) is 140 cm³/mol. The number of fused-ring (bicyclic) bond motifs is 1. The summed E-state index contributed by atoms with van der Waals surface area (Å²) in [5.41, 5.74) is 2.34. The number of aromatic nitrogens is 2. The Bertz CT molecular complexity index is 1540. The Kier molecular flexibility index (Phi) is 7.03. The molecule has 4 aromatic rings. The van der Waals surface area contributed by atoms with E-state index in [9.17, 15) is 18.4 Å². The molecule has 38 heavy (non-hydrogen) atoms. The predicted octanol–water partition coefficient (Wildman–Crippen LogP) is 4.72. The fourth-order valence-corrected chi connectivity index (χ4v) is 4.38. The second kappa shape index (κ2) is 10.7. The monoisotopic (exact) mass is 517 g/mol. The number of hydrogen-bond acceptors (Lipinski definition) is 5. The molecule has 0 unspecified atom stereocenters. The lowest BCUT2D eigenvalue weighted by atomic mass is 10.1. The molecular formula is C28H25F2N5O3. The molecule has 194 valence electrons. The van der Waals surface area contributed by atoms with Crippen molar-refractivity contribution in [3.8, 4) is 11.4 Å². The van der Waals surface area contributed by atoms with Crippen LogP contribution in [0.3, 0.4) is 0 Å². The molecule has 0 saturated carbocycles. The van der Waals surface area contributed by atoms with Gasteiger partial charge in [0.05, 0.1) is 30.6 Å². The molecule has 1 aliphatic rings. The van der Waals surface area contributed by atoms with E-state index in [1.807, 2.05) is 42.5 Å². The molecule has 2 heterocycles. The normalized spacial score (nSPS) is 12.6. The molecule has 0 atom stereocenters. The first-order valence-electron chi connectivity index (χ1n) is 12.0. The van der Waals surface area contributed by atoms with Crippen LogP contribution in [-0.4, -0.2) is 34.1 Å². The van der Waals surface area contributed by atoms with Gasteiger partial charge in [-0.1, -0.05) is 36.4 Å². The Labute approximate surface area is 217 Å². The largest absolute Gasteiger partial charge is 0.496 e. The minimum atomic E-state index is -1.06. The number of hydrogen-bond donors (Lipinski definition) is 2. The van der Waals surface area contributed by atoms with Crippen molar-refractivity contribution in [2.24, 2.45) is 0 Å². The van der Waals surface area contributed by atoms with E-state index in [4.69, 9.17) is 9.72 Å². The van der Waals surface area contributed by atoms with Crippen LogP contribution in [-0.2, 0) is 19.5 Å². The van der Waals surface area contributed by atoms with Gasteiger partial charge in [-0.3, -0.25) is 4.79 Å². The van der Waals surface area contributed by atoms with Gasteiger partial charge in [-0.15, -0.1) is 0 Å². The number of halogens is 2. The number of benzene rings is 3. The standard InChI is InChI=1S/C28H25F2N5O3/c1-38-25-10-6-5-7-18(25)16-31-27-33-24-13-14-34(28(37)32-19-11-12-22(29)23(30)15-19)17-21(24)26(36)35(27)20-8-3-2-4-9-20/h2-12,15H,13-14,16-17H2,1H3,(H,31,33)(H,32,37). The van der Waals surface area contributed by atoms with Crippen molar-refractivity contribution in [3.05, 3.63) is 112 Å². The third-order valence-electron chi connectivity index (χ3n) is 6.33. The second-order valence-electron chi connectivity index (χ2n) is 8.73. The van der Waals surface area contributed by atoms with E-state index in [1.165, 1.54) is 15.5 Å². The van der Waals surface area contributed by atoms with Crippen molar-refractivity contribution in [2.45, 2.75) is 19.5 Å². The molecule has 3 aromatic carbocycles. The number of para-hydroxylation sites is 2. The van der Waals surface area contributed by atoms with Crippen LogP contribution in [0.1, 0.15) is 16.8 Å². The number of rotatable bonds is 6. The Morgan fingerprint density at radius 1 is 1.03 bits per heavy atom. The van der Waals surface area contributed by atoms with Crippen molar-refractivity contribution < 1.29 is 18.3 Å². The average Bonchev–Trinajstić information content (AvgIpc) is 2.94. The number of methoxy groups -OCH3 is 1. The SMILES string of the molecule is COc1ccccc1CNc1nc2c(c(=O)n1-c1ccccc1)CN(C(=O)Nc1ccc(F)c(F)c1)CC2. The molecule has 0 saturated heterocycles. The van der Waals surface area contributed by atoms with Crippen LogP contribution in [0.15, 0.2) is 77.6 Å². The first kappa shape index (κ1) is 24.9. The molecular weight excluding hydrogens is 492 g/mol. The Balaban J connectivity index is 1.45. The molecule has 8 nitrogen and oxygen atoms in total.